The molecule has 120 valence electrons. The second-order valence-electron chi connectivity index (χ2n) is 6.38. The smallest absolute Gasteiger partial charge is 0.0897 e. The van der Waals surface area contributed by atoms with E-state index < -0.39 is 0 Å². The van der Waals surface area contributed by atoms with Crippen molar-refractivity contribution in [3.05, 3.63) is 0 Å². The van der Waals surface area contributed by atoms with Crippen molar-refractivity contribution in [2.24, 2.45) is 5.92 Å². The maximum atomic E-state index is 9.91. The number of rotatable bonds is 11. The lowest BCUT2D eigenvalue weighted by molar-refractivity contribution is 0.0330. The lowest BCUT2D eigenvalue weighted by atomic mass is 9.84. The molecule has 0 aromatic heterocycles. The van der Waals surface area contributed by atoms with Crippen LogP contribution in [0.25, 0.3) is 0 Å². The van der Waals surface area contributed by atoms with Crippen LogP contribution in [0.2, 0.25) is 0 Å². The minimum atomic E-state index is -0.368. The molecule has 3 nitrogen and oxygen atoms in total. The molecule has 0 heterocycles. The van der Waals surface area contributed by atoms with Crippen LogP contribution in [0.5, 0.6) is 0 Å². The molecule has 1 aliphatic rings. The van der Waals surface area contributed by atoms with Crippen molar-refractivity contribution < 1.29 is 9.84 Å². The van der Waals surface area contributed by atoms with Crippen LogP contribution < -0.4 is 5.32 Å². The zero-order chi connectivity index (χ0) is 14.6. The molecule has 0 saturated heterocycles. The van der Waals surface area contributed by atoms with E-state index in [4.69, 9.17) is 4.74 Å². The highest BCUT2D eigenvalue weighted by Crippen LogP contribution is 2.26. The molecule has 0 spiro atoms. The molecule has 1 saturated carbocycles. The first-order valence-electron chi connectivity index (χ1n) is 8.73. The summed E-state index contributed by atoms with van der Waals surface area (Å²) in [5, 5.41) is 13.4. The Morgan fingerprint density at radius 3 is 2.60 bits per heavy atom. The maximum Gasteiger partial charge on any atom is 0.0897 e. The van der Waals surface area contributed by atoms with Gasteiger partial charge in [0.25, 0.3) is 0 Å². The normalized spacial score (nSPS) is 19.9. The van der Waals surface area contributed by atoms with Gasteiger partial charge in [-0.2, -0.15) is 0 Å². The van der Waals surface area contributed by atoms with E-state index >= 15 is 0 Å². The molecule has 0 aromatic carbocycles. The summed E-state index contributed by atoms with van der Waals surface area (Å²) in [6.45, 7) is 6.39. The third-order valence-corrected chi connectivity index (χ3v) is 4.48. The minimum absolute atomic E-state index is 0.368. The molecule has 2 N–H and O–H groups in total. The monoisotopic (exact) mass is 285 g/mol. The van der Waals surface area contributed by atoms with Gasteiger partial charge in [0.1, 0.15) is 0 Å². The number of hydrogen-bond acceptors (Lipinski definition) is 3. The van der Waals surface area contributed by atoms with Crippen molar-refractivity contribution in [1.29, 1.82) is 0 Å². The van der Waals surface area contributed by atoms with Gasteiger partial charge in [0.2, 0.25) is 0 Å². The van der Waals surface area contributed by atoms with Gasteiger partial charge in [-0.05, 0) is 32.1 Å². The van der Waals surface area contributed by atoms with Crippen molar-refractivity contribution in [3.63, 3.8) is 0 Å². The summed E-state index contributed by atoms with van der Waals surface area (Å²) >= 11 is 0. The summed E-state index contributed by atoms with van der Waals surface area (Å²) in [7, 11) is 0. The molecular weight excluding hydrogens is 250 g/mol. The highest BCUT2D eigenvalue weighted by molar-refractivity contribution is 4.76. The van der Waals surface area contributed by atoms with Crippen molar-refractivity contribution in [3.8, 4) is 0 Å². The molecule has 1 aliphatic carbocycles. The van der Waals surface area contributed by atoms with Gasteiger partial charge >= 0.3 is 0 Å². The Morgan fingerprint density at radius 1 is 1.15 bits per heavy atom. The fourth-order valence-corrected chi connectivity index (χ4v) is 3.03. The third-order valence-electron chi connectivity index (χ3n) is 4.48. The topological polar surface area (TPSA) is 41.5 Å². The van der Waals surface area contributed by atoms with Gasteiger partial charge in [0.05, 0.1) is 12.7 Å². The van der Waals surface area contributed by atoms with Crippen LogP contribution in [0, 0.1) is 5.92 Å². The number of ether oxygens (including phenoxy) is 1. The lowest BCUT2D eigenvalue weighted by Crippen LogP contribution is -2.40. The molecular formula is C17H35NO2. The van der Waals surface area contributed by atoms with Crippen LogP contribution in [-0.2, 0) is 4.74 Å². The Labute approximate surface area is 125 Å². The lowest BCUT2D eigenvalue weighted by Gasteiger charge is -2.29. The average Bonchev–Trinajstić information content (AvgIpc) is 2.49. The van der Waals surface area contributed by atoms with Gasteiger partial charge in [-0.1, -0.05) is 45.4 Å². The molecule has 0 aliphatic heterocycles. The van der Waals surface area contributed by atoms with Gasteiger partial charge in [-0.3, -0.25) is 0 Å². The predicted molar refractivity (Wildman–Crippen MR) is 85.0 cm³/mol. The molecule has 1 fully saturated rings. The van der Waals surface area contributed by atoms with E-state index in [2.05, 4.69) is 19.2 Å². The molecule has 2 atom stereocenters. The van der Waals surface area contributed by atoms with Crippen molar-refractivity contribution in [1.82, 2.24) is 5.32 Å². The summed E-state index contributed by atoms with van der Waals surface area (Å²) < 4.78 is 5.53. The Bertz CT molecular complexity index is 217. The van der Waals surface area contributed by atoms with Crippen LogP contribution in [0.3, 0.4) is 0 Å². The van der Waals surface area contributed by atoms with Crippen LogP contribution in [0.4, 0.5) is 0 Å². The highest BCUT2D eigenvalue weighted by Gasteiger charge is 2.20. The second kappa shape index (κ2) is 11.5. The summed E-state index contributed by atoms with van der Waals surface area (Å²) in [6.07, 6.45) is 11.4. The Kier molecular flexibility index (Phi) is 10.3. The summed E-state index contributed by atoms with van der Waals surface area (Å²) in [5.74, 6) is 0.797. The molecule has 3 heteroatoms. The number of aliphatic hydroxyl groups is 1. The fraction of sp³-hybridized carbons (Fsp3) is 1.00. The first-order valence-corrected chi connectivity index (χ1v) is 8.73. The molecule has 0 aromatic rings. The van der Waals surface area contributed by atoms with E-state index in [1.807, 2.05) is 0 Å². The van der Waals surface area contributed by atoms with E-state index in [0.29, 0.717) is 19.2 Å². The number of nitrogens with one attached hydrogen (secondary N) is 1. The van der Waals surface area contributed by atoms with Gasteiger partial charge in [-0.15, -0.1) is 0 Å². The quantitative estimate of drug-likeness (QED) is 0.571. The summed E-state index contributed by atoms with van der Waals surface area (Å²) in [5.41, 5.74) is 0. The van der Waals surface area contributed by atoms with Crippen LogP contribution >= 0.6 is 0 Å². The predicted octanol–water partition coefficient (Wildman–Crippen LogP) is 3.50. The molecule has 20 heavy (non-hydrogen) atoms. The standard InChI is InChI=1S/C17H35NO2/c1-3-4-5-9-12-20-14-17(19)13-18-15(2)16-10-7-6-8-11-16/h15-19H,3-14H2,1-2H3/t15-,17?/m1/s1. The van der Waals surface area contributed by atoms with E-state index in [1.165, 1.54) is 51.4 Å². The van der Waals surface area contributed by atoms with Crippen molar-refractivity contribution >= 4 is 0 Å². The summed E-state index contributed by atoms with van der Waals surface area (Å²) in [6, 6.07) is 0.523. The number of hydrogen-bond donors (Lipinski definition) is 2. The average molecular weight is 285 g/mol. The van der Waals surface area contributed by atoms with E-state index in [1.54, 1.807) is 0 Å². The first-order chi connectivity index (χ1) is 9.74. The first kappa shape index (κ1) is 17.9. The number of aliphatic hydroxyl groups excluding tert-OH is 1. The van der Waals surface area contributed by atoms with Gasteiger partial charge < -0.3 is 15.2 Å². The summed E-state index contributed by atoms with van der Waals surface area (Å²) in [4.78, 5) is 0. The molecule has 1 unspecified atom stereocenters. The zero-order valence-corrected chi connectivity index (χ0v) is 13.6. The SMILES string of the molecule is CCCCCCOCC(O)CN[C@H](C)C1CCCCC1. The molecule has 0 radical (unpaired) electrons. The van der Waals surface area contributed by atoms with E-state index in [9.17, 15) is 5.11 Å². The van der Waals surface area contributed by atoms with Gasteiger partial charge in [0, 0.05) is 19.2 Å². The van der Waals surface area contributed by atoms with E-state index in [-0.39, 0.29) is 6.10 Å². The minimum Gasteiger partial charge on any atom is -0.389 e. The van der Waals surface area contributed by atoms with Crippen LogP contribution in [-0.4, -0.2) is 37.0 Å². The molecule has 0 bridgehead atoms. The molecule has 0 amide bonds. The van der Waals surface area contributed by atoms with Gasteiger partial charge in [0.15, 0.2) is 0 Å². The van der Waals surface area contributed by atoms with Crippen LogP contribution in [0.15, 0.2) is 0 Å². The molecule has 1 rings (SSSR count). The van der Waals surface area contributed by atoms with Crippen LogP contribution in [0.1, 0.15) is 71.6 Å². The zero-order valence-electron chi connectivity index (χ0n) is 13.6. The van der Waals surface area contributed by atoms with E-state index in [0.717, 1.165) is 18.9 Å². The Balaban J connectivity index is 1.97. The highest BCUT2D eigenvalue weighted by atomic mass is 16.5. The van der Waals surface area contributed by atoms with Crippen molar-refractivity contribution in [2.45, 2.75) is 83.8 Å². The van der Waals surface area contributed by atoms with Crippen molar-refractivity contribution in [2.75, 3.05) is 19.8 Å². The maximum absolute atomic E-state index is 9.91. The fourth-order valence-electron chi connectivity index (χ4n) is 3.03. The number of unbranched alkanes of at least 4 members (excludes halogenated alkanes) is 3. The Hall–Kier alpha value is -0.120. The third kappa shape index (κ3) is 8.23. The largest absolute Gasteiger partial charge is 0.389 e. The Morgan fingerprint density at radius 2 is 1.90 bits per heavy atom. The second-order valence-corrected chi connectivity index (χ2v) is 6.38. The van der Waals surface area contributed by atoms with Gasteiger partial charge in [-0.25, -0.2) is 0 Å².